The van der Waals surface area contributed by atoms with Crippen molar-refractivity contribution < 1.29 is 12.0 Å². The molecule has 56 valence electrons. The normalized spacial score (nSPS) is 30.6. The molecule has 0 heterocycles. The van der Waals surface area contributed by atoms with Crippen LogP contribution in [0.2, 0.25) is 0 Å². The van der Waals surface area contributed by atoms with Gasteiger partial charge in [-0.05, 0) is 25.6 Å². The minimum Gasteiger partial charge on any atom is -0.390 e. The summed E-state index contributed by atoms with van der Waals surface area (Å²) in [5.74, 6) is 0. The summed E-state index contributed by atoms with van der Waals surface area (Å²) in [7, 11) is 0. The molecule has 0 amide bonds. The van der Waals surface area contributed by atoms with Crippen molar-refractivity contribution in [1.82, 2.24) is 0 Å². The highest BCUT2D eigenvalue weighted by Gasteiger charge is 2.21. The summed E-state index contributed by atoms with van der Waals surface area (Å²) in [6.45, 7) is 2.97. The number of rotatable bonds is 1. The summed E-state index contributed by atoms with van der Waals surface area (Å²) >= 11 is 0. The van der Waals surface area contributed by atoms with Crippen LogP contribution in [-0.4, -0.2) is 10.7 Å². The van der Waals surface area contributed by atoms with E-state index in [0.717, 1.165) is 6.92 Å². The van der Waals surface area contributed by atoms with Gasteiger partial charge in [0.1, 0.15) is 0 Å². The van der Waals surface area contributed by atoms with Gasteiger partial charge in [-0.1, -0.05) is 20.8 Å². The van der Waals surface area contributed by atoms with Gasteiger partial charge in [0.25, 0.3) is 0 Å². The van der Waals surface area contributed by atoms with Crippen LogP contribution in [0, 0.1) is 5.41 Å². The van der Waals surface area contributed by atoms with Gasteiger partial charge in [0, 0.05) is 6.85 Å². The molecule has 0 saturated heterocycles. The van der Waals surface area contributed by atoms with E-state index in [4.69, 9.17) is 6.85 Å². The number of aliphatic hydroxyl groups is 1. The van der Waals surface area contributed by atoms with Crippen molar-refractivity contribution in [3.63, 3.8) is 0 Å². The number of hydrogen-bond acceptors (Lipinski definition) is 1. The maximum absolute atomic E-state index is 9.78. The van der Waals surface area contributed by atoms with Crippen LogP contribution in [0.1, 0.15) is 47.8 Å². The fourth-order valence-electron chi connectivity index (χ4n) is 0.730. The Morgan fingerprint density at radius 2 is 1.89 bits per heavy atom. The van der Waals surface area contributed by atoms with Crippen LogP contribution in [0.3, 0.4) is 0 Å². The monoisotopic (exact) mass is 135 g/mol. The predicted molar refractivity (Wildman–Crippen MR) is 40.4 cm³/mol. The Balaban J connectivity index is 5.30. The van der Waals surface area contributed by atoms with Crippen molar-refractivity contribution >= 4 is 0 Å². The van der Waals surface area contributed by atoms with E-state index in [0.29, 0.717) is 0 Å². The maximum Gasteiger partial charge on any atom is 0.0596 e. The van der Waals surface area contributed by atoms with Gasteiger partial charge in [-0.25, -0.2) is 0 Å². The average Bonchev–Trinajstić information content (AvgIpc) is 1.81. The first-order valence-corrected chi connectivity index (χ1v) is 2.97. The molecule has 0 fully saturated rings. The van der Waals surface area contributed by atoms with Crippen molar-refractivity contribution in [2.45, 2.75) is 46.5 Å². The fraction of sp³-hybridized carbons (Fsp3) is 1.00. The lowest BCUT2D eigenvalue weighted by Gasteiger charge is -2.27. The molecule has 0 aromatic carbocycles. The lowest BCUT2D eigenvalue weighted by molar-refractivity contribution is 0.0371. The van der Waals surface area contributed by atoms with Crippen molar-refractivity contribution in [2.75, 3.05) is 0 Å². The standard InChI is InChI=1S/C8H18O/c1-7(2,3)6-8(4,5)9/h9H,6H2,1-5H3/i4D3,6D2. The summed E-state index contributed by atoms with van der Waals surface area (Å²) in [4.78, 5) is 0. The summed E-state index contributed by atoms with van der Waals surface area (Å²) in [6, 6.07) is 0. The second kappa shape index (κ2) is 2.30. The highest BCUT2D eigenvalue weighted by atomic mass is 16.3. The molecular formula is C8H18O. The third-order valence-corrected chi connectivity index (χ3v) is 0.618. The van der Waals surface area contributed by atoms with Gasteiger partial charge in [0.15, 0.2) is 0 Å². The Kier molecular flexibility index (Phi) is 0.862. The molecule has 1 N–H and O–H groups in total. The van der Waals surface area contributed by atoms with E-state index < -0.39 is 24.2 Å². The maximum atomic E-state index is 9.78. The van der Waals surface area contributed by atoms with Gasteiger partial charge >= 0.3 is 0 Å². The molecule has 0 aliphatic rings. The van der Waals surface area contributed by atoms with Crippen LogP contribution >= 0.6 is 0 Å². The largest absolute Gasteiger partial charge is 0.390 e. The van der Waals surface area contributed by atoms with Crippen LogP contribution in [-0.2, 0) is 0 Å². The first kappa shape index (κ1) is 3.38. The Hall–Kier alpha value is -0.0400. The van der Waals surface area contributed by atoms with Crippen molar-refractivity contribution in [2.24, 2.45) is 5.41 Å². The molecule has 9 heavy (non-hydrogen) atoms. The van der Waals surface area contributed by atoms with E-state index in [1.54, 1.807) is 20.8 Å². The molecule has 1 unspecified atom stereocenters. The molecule has 0 radical (unpaired) electrons. The van der Waals surface area contributed by atoms with Crippen LogP contribution < -0.4 is 0 Å². The molecule has 0 saturated carbocycles. The molecule has 1 atom stereocenters. The lowest BCUT2D eigenvalue weighted by Crippen LogP contribution is -2.25. The Morgan fingerprint density at radius 1 is 1.44 bits per heavy atom. The molecule has 0 spiro atoms. The first-order valence-electron chi connectivity index (χ1n) is 5.47. The predicted octanol–water partition coefficient (Wildman–Crippen LogP) is 2.19. The van der Waals surface area contributed by atoms with Gasteiger partial charge in [-0.3, -0.25) is 0 Å². The zero-order valence-corrected chi connectivity index (χ0v) is 6.45. The van der Waals surface area contributed by atoms with E-state index in [2.05, 4.69) is 0 Å². The smallest absolute Gasteiger partial charge is 0.0596 e. The second-order valence-electron chi connectivity index (χ2n) is 3.45. The van der Waals surface area contributed by atoms with Crippen molar-refractivity contribution in [3.8, 4) is 0 Å². The Labute approximate surface area is 65.1 Å². The summed E-state index contributed by atoms with van der Waals surface area (Å²) in [6.07, 6.45) is -2.19. The zero-order valence-electron chi connectivity index (χ0n) is 11.4. The fourth-order valence-corrected chi connectivity index (χ4v) is 0.730. The quantitative estimate of drug-likeness (QED) is 0.584. The lowest BCUT2D eigenvalue weighted by atomic mass is 9.84. The second-order valence-corrected chi connectivity index (χ2v) is 3.45. The molecule has 0 rings (SSSR count). The number of hydrogen-bond donors (Lipinski definition) is 1. The van der Waals surface area contributed by atoms with Crippen molar-refractivity contribution in [3.05, 3.63) is 0 Å². The van der Waals surface area contributed by atoms with Crippen LogP contribution in [0.15, 0.2) is 0 Å². The van der Waals surface area contributed by atoms with Gasteiger partial charge in [0.2, 0.25) is 0 Å². The van der Waals surface area contributed by atoms with E-state index >= 15 is 0 Å². The molecular weight excluding hydrogens is 112 g/mol. The zero-order chi connectivity index (χ0) is 12.0. The summed E-state index contributed by atoms with van der Waals surface area (Å²) in [5.41, 5.74) is -3.29. The van der Waals surface area contributed by atoms with Crippen molar-refractivity contribution in [1.29, 1.82) is 0 Å². The topological polar surface area (TPSA) is 20.2 Å². The highest BCUT2D eigenvalue weighted by molar-refractivity contribution is 4.74. The molecule has 1 nitrogen and oxygen atoms in total. The molecule has 0 bridgehead atoms. The van der Waals surface area contributed by atoms with Gasteiger partial charge < -0.3 is 5.11 Å². The van der Waals surface area contributed by atoms with Gasteiger partial charge in [-0.15, -0.1) is 0 Å². The van der Waals surface area contributed by atoms with Gasteiger partial charge in [-0.2, -0.15) is 0 Å². The molecule has 0 aliphatic carbocycles. The van der Waals surface area contributed by atoms with E-state index in [9.17, 15) is 5.11 Å². The van der Waals surface area contributed by atoms with E-state index in [1.165, 1.54) is 0 Å². The summed E-state index contributed by atoms with van der Waals surface area (Å²) < 4.78 is 36.7. The van der Waals surface area contributed by atoms with Crippen LogP contribution in [0.25, 0.3) is 0 Å². The van der Waals surface area contributed by atoms with Crippen LogP contribution in [0.5, 0.6) is 0 Å². The molecule has 1 heteroatoms. The molecule has 0 aromatic heterocycles. The minimum atomic E-state index is -2.73. The molecule has 0 aliphatic heterocycles. The SMILES string of the molecule is [2H]C([2H])([2H])C(C)(O)C([2H])([2H])C(C)(C)C. The molecule has 0 aromatic rings. The van der Waals surface area contributed by atoms with Gasteiger partial charge in [0.05, 0.1) is 5.60 Å². The summed E-state index contributed by atoms with van der Waals surface area (Å²) in [5, 5.41) is 9.78. The highest BCUT2D eigenvalue weighted by Crippen LogP contribution is 2.26. The third kappa shape index (κ3) is 7.96. The Morgan fingerprint density at radius 3 is 2.00 bits per heavy atom. The minimum absolute atomic E-state index is 0.940. The van der Waals surface area contributed by atoms with E-state index in [1.807, 2.05) is 0 Å². The van der Waals surface area contributed by atoms with Crippen LogP contribution in [0.4, 0.5) is 0 Å². The third-order valence-electron chi connectivity index (χ3n) is 0.618. The first-order chi connectivity index (χ1) is 5.75. The van der Waals surface area contributed by atoms with E-state index in [-0.39, 0.29) is 0 Å². The average molecular weight is 135 g/mol. The Bertz CT molecular complexity index is 187.